The lowest BCUT2D eigenvalue weighted by atomic mass is 10.0. The predicted molar refractivity (Wildman–Crippen MR) is 118 cm³/mol. The zero-order valence-electron chi connectivity index (χ0n) is 16.5. The van der Waals surface area contributed by atoms with Crippen molar-refractivity contribution in [1.29, 1.82) is 0 Å². The zero-order chi connectivity index (χ0) is 21.2. The molecule has 1 unspecified atom stereocenters. The number of hydrogen-bond donors (Lipinski definition) is 1. The molecule has 0 aliphatic heterocycles. The van der Waals surface area contributed by atoms with Crippen molar-refractivity contribution in [3.8, 4) is 0 Å². The van der Waals surface area contributed by atoms with Crippen LogP contribution in [0.5, 0.6) is 0 Å². The molecular formula is C20H21ClN4O2S2. The van der Waals surface area contributed by atoms with Gasteiger partial charge in [-0.3, -0.25) is 14.5 Å². The molecule has 0 bridgehead atoms. The molecule has 1 N–H and O–H groups in total. The molecule has 2 amide bonds. The van der Waals surface area contributed by atoms with Gasteiger partial charge in [-0.2, -0.15) is 0 Å². The smallest absolute Gasteiger partial charge is 0.280 e. The maximum atomic E-state index is 13.4. The van der Waals surface area contributed by atoms with Crippen molar-refractivity contribution in [2.75, 3.05) is 4.90 Å². The fourth-order valence-corrected chi connectivity index (χ4v) is 4.48. The van der Waals surface area contributed by atoms with Gasteiger partial charge in [0.15, 0.2) is 11.7 Å². The second kappa shape index (κ2) is 8.61. The molecule has 1 aromatic carbocycles. The Morgan fingerprint density at radius 1 is 1.24 bits per heavy atom. The fourth-order valence-electron chi connectivity index (χ4n) is 2.85. The van der Waals surface area contributed by atoms with E-state index < -0.39 is 17.5 Å². The number of aryl methyl sites for hydroxylation is 1. The lowest BCUT2D eigenvalue weighted by molar-refractivity contribution is -0.123. The van der Waals surface area contributed by atoms with Crippen molar-refractivity contribution in [3.05, 3.63) is 62.2 Å². The van der Waals surface area contributed by atoms with Gasteiger partial charge in [-0.25, -0.2) is 0 Å². The van der Waals surface area contributed by atoms with E-state index in [1.54, 1.807) is 29.6 Å². The summed E-state index contributed by atoms with van der Waals surface area (Å²) < 4.78 is 3.80. The molecule has 3 rings (SSSR count). The molecule has 0 radical (unpaired) electrons. The summed E-state index contributed by atoms with van der Waals surface area (Å²) in [6, 6.07) is 7.95. The largest absolute Gasteiger partial charge is 0.349 e. The van der Waals surface area contributed by atoms with Gasteiger partial charge in [0.05, 0.1) is 0 Å². The maximum absolute atomic E-state index is 13.4. The van der Waals surface area contributed by atoms with Gasteiger partial charge in [-0.1, -0.05) is 22.2 Å². The van der Waals surface area contributed by atoms with E-state index in [1.165, 1.54) is 16.2 Å². The Morgan fingerprint density at radius 2 is 2.00 bits per heavy atom. The van der Waals surface area contributed by atoms with Gasteiger partial charge in [0, 0.05) is 26.5 Å². The number of benzene rings is 1. The number of anilines is 1. The molecule has 2 aromatic heterocycles. The van der Waals surface area contributed by atoms with Crippen LogP contribution < -0.4 is 10.2 Å². The third-order valence-corrected chi connectivity index (χ3v) is 5.85. The van der Waals surface area contributed by atoms with E-state index in [1.807, 2.05) is 39.1 Å². The van der Waals surface area contributed by atoms with E-state index in [-0.39, 0.29) is 11.6 Å². The van der Waals surface area contributed by atoms with Gasteiger partial charge in [-0.15, -0.1) is 16.4 Å². The van der Waals surface area contributed by atoms with Crippen LogP contribution in [0.25, 0.3) is 0 Å². The number of nitrogens with one attached hydrogen (secondary N) is 1. The molecule has 2 heterocycles. The molecule has 6 nitrogen and oxygen atoms in total. The first kappa shape index (κ1) is 21.4. The van der Waals surface area contributed by atoms with Crippen LogP contribution in [0.4, 0.5) is 5.69 Å². The van der Waals surface area contributed by atoms with E-state index in [4.69, 9.17) is 11.6 Å². The highest BCUT2D eigenvalue weighted by atomic mass is 35.5. The molecule has 29 heavy (non-hydrogen) atoms. The Morgan fingerprint density at radius 3 is 2.55 bits per heavy atom. The summed E-state index contributed by atoms with van der Waals surface area (Å²) in [6.07, 6.45) is 0. The second-order valence-corrected chi connectivity index (χ2v) is 9.55. The summed E-state index contributed by atoms with van der Waals surface area (Å²) in [5.41, 5.74) is 1.15. The van der Waals surface area contributed by atoms with Crippen molar-refractivity contribution in [1.82, 2.24) is 14.9 Å². The van der Waals surface area contributed by atoms with Gasteiger partial charge >= 0.3 is 0 Å². The average molecular weight is 449 g/mol. The predicted octanol–water partition coefficient (Wildman–Crippen LogP) is 4.86. The SMILES string of the molecule is Cc1ccsc1C(C(=O)NC(C)(C)C)N(C(=O)c1csnn1)c1cccc(Cl)c1. The highest BCUT2D eigenvalue weighted by molar-refractivity contribution is 7.10. The molecule has 9 heteroatoms. The van der Waals surface area contributed by atoms with Crippen LogP contribution in [-0.2, 0) is 4.79 Å². The van der Waals surface area contributed by atoms with Crippen LogP contribution in [0, 0.1) is 6.92 Å². The van der Waals surface area contributed by atoms with Gasteiger partial charge in [-0.05, 0) is 74.4 Å². The topological polar surface area (TPSA) is 75.2 Å². The Kier molecular flexibility index (Phi) is 6.36. The number of carbonyl (C=O) groups is 2. The molecule has 0 spiro atoms. The maximum Gasteiger partial charge on any atom is 0.280 e. The monoisotopic (exact) mass is 448 g/mol. The standard InChI is InChI=1S/C20H21ClN4O2S2/c1-12-8-9-28-17(12)16(18(26)22-20(2,3)4)25(14-7-5-6-13(21)10-14)19(27)15-11-29-24-23-15/h5-11,16H,1-4H3,(H,22,26). The summed E-state index contributed by atoms with van der Waals surface area (Å²) in [5, 5.41) is 10.9. The summed E-state index contributed by atoms with van der Waals surface area (Å²) in [6.45, 7) is 7.63. The van der Waals surface area contributed by atoms with Crippen LogP contribution in [0.2, 0.25) is 5.02 Å². The number of carbonyl (C=O) groups excluding carboxylic acids is 2. The molecule has 1 atom stereocenters. The van der Waals surface area contributed by atoms with Crippen LogP contribution >= 0.6 is 34.5 Å². The van der Waals surface area contributed by atoms with Gasteiger partial charge < -0.3 is 5.32 Å². The molecule has 0 aliphatic carbocycles. The van der Waals surface area contributed by atoms with E-state index in [0.717, 1.165) is 22.0 Å². The number of aromatic nitrogens is 2. The van der Waals surface area contributed by atoms with Crippen LogP contribution in [0.15, 0.2) is 41.1 Å². The minimum absolute atomic E-state index is 0.178. The first-order chi connectivity index (χ1) is 13.7. The molecule has 0 aliphatic rings. The number of rotatable bonds is 5. The van der Waals surface area contributed by atoms with Crippen molar-refractivity contribution >= 4 is 52.0 Å². The molecule has 0 fully saturated rings. The Labute approximate surface area is 182 Å². The Bertz CT molecular complexity index is 1010. The Hall–Kier alpha value is -2.29. The quantitative estimate of drug-likeness (QED) is 0.604. The van der Waals surface area contributed by atoms with Gasteiger partial charge in [0.2, 0.25) is 5.91 Å². The van der Waals surface area contributed by atoms with Gasteiger partial charge in [0.25, 0.3) is 5.91 Å². The highest BCUT2D eigenvalue weighted by Crippen LogP contribution is 2.35. The number of halogens is 1. The first-order valence-electron chi connectivity index (χ1n) is 8.89. The number of hydrogen-bond acceptors (Lipinski definition) is 6. The third-order valence-electron chi connectivity index (χ3n) is 4.04. The van der Waals surface area contributed by atoms with Crippen LogP contribution in [0.1, 0.15) is 47.7 Å². The molecule has 152 valence electrons. The van der Waals surface area contributed by atoms with E-state index in [0.29, 0.717) is 10.7 Å². The summed E-state index contributed by atoms with van der Waals surface area (Å²) in [7, 11) is 0. The minimum Gasteiger partial charge on any atom is -0.349 e. The highest BCUT2D eigenvalue weighted by Gasteiger charge is 2.37. The number of thiophene rings is 1. The molecule has 3 aromatic rings. The third kappa shape index (κ3) is 5.01. The summed E-state index contributed by atoms with van der Waals surface area (Å²) in [5.74, 6) is -0.692. The van der Waals surface area contributed by atoms with E-state index in [2.05, 4.69) is 14.9 Å². The van der Waals surface area contributed by atoms with E-state index >= 15 is 0 Å². The summed E-state index contributed by atoms with van der Waals surface area (Å²) >= 11 is 8.72. The number of amides is 2. The van der Waals surface area contributed by atoms with Crippen molar-refractivity contribution in [2.24, 2.45) is 0 Å². The molecule has 0 saturated carbocycles. The van der Waals surface area contributed by atoms with Crippen LogP contribution in [0.3, 0.4) is 0 Å². The first-order valence-corrected chi connectivity index (χ1v) is 11.0. The lowest BCUT2D eigenvalue weighted by Crippen LogP contribution is -2.49. The second-order valence-electron chi connectivity index (χ2n) is 7.55. The fraction of sp³-hybridized carbons (Fsp3) is 0.300. The molecule has 0 saturated heterocycles. The summed E-state index contributed by atoms with van der Waals surface area (Å²) in [4.78, 5) is 29.1. The lowest BCUT2D eigenvalue weighted by Gasteiger charge is -2.33. The van der Waals surface area contributed by atoms with Crippen molar-refractivity contribution in [3.63, 3.8) is 0 Å². The number of nitrogens with zero attached hydrogens (tertiary/aromatic N) is 3. The molecular weight excluding hydrogens is 428 g/mol. The minimum atomic E-state index is -0.873. The van der Waals surface area contributed by atoms with Crippen LogP contribution in [-0.4, -0.2) is 26.9 Å². The average Bonchev–Trinajstić information content (AvgIpc) is 3.29. The van der Waals surface area contributed by atoms with Gasteiger partial charge in [0.1, 0.15) is 0 Å². The zero-order valence-corrected chi connectivity index (χ0v) is 18.9. The normalized spacial score (nSPS) is 12.4. The van der Waals surface area contributed by atoms with E-state index in [9.17, 15) is 9.59 Å². The van der Waals surface area contributed by atoms with Crippen molar-refractivity contribution in [2.45, 2.75) is 39.3 Å². The van der Waals surface area contributed by atoms with Crippen molar-refractivity contribution < 1.29 is 9.59 Å². The Balaban J connectivity index is 2.18.